The Morgan fingerprint density at radius 3 is 2.70 bits per heavy atom. The van der Waals surface area contributed by atoms with Gasteiger partial charge < -0.3 is 0 Å². The number of nitrogens with zero attached hydrogens (tertiary/aromatic N) is 2. The first-order valence-corrected chi connectivity index (χ1v) is 6.50. The lowest BCUT2D eigenvalue weighted by atomic mass is 10.1. The molecule has 0 spiro atoms. The van der Waals surface area contributed by atoms with Crippen LogP contribution in [0.5, 0.6) is 0 Å². The summed E-state index contributed by atoms with van der Waals surface area (Å²) >= 11 is 0. The number of rotatable bonds is 5. The molecule has 0 unspecified atom stereocenters. The van der Waals surface area contributed by atoms with Gasteiger partial charge in [0.2, 0.25) is 0 Å². The molecule has 0 radical (unpaired) electrons. The third-order valence-electron chi connectivity index (χ3n) is 2.82. The zero-order valence-electron chi connectivity index (χ0n) is 11.6. The van der Waals surface area contributed by atoms with E-state index >= 15 is 0 Å². The first-order chi connectivity index (χ1) is 9.70. The van der Waals surface area contributed by atoms with Gasteiger partial charge in [-0.15, -0.1) is 0 Å². The van der Waals surface area contributed by atoms with Crippen LogP contribution in [0.4, 0.5) is 0 Å². The van der Waals surface area contributed by atoms with Crippen molar-refractivity contribution in [1.29, 1.82) is 0 Å². The second-order valence-corrected chi connectivity index (χ2v) is 4.41. The van der Waals surface area contributed by atoms with Gasteiger partial charge >= 0.3 is 0 Å². The predicted molar refractivity (Wildman–Crippen MR) is 74.8 cm³/mol. The summed E-state index contributed by atoms with van der Waals surface area (Å²) in [6, 6.07) is 11.4. The molecular weight excluding hydrogens is 254 g/mol. The van der Waals surface area contributed by atoms with Crippen molar-refractivity contribution in [3.05, 3.63) is 58.9 Å². The zero-order valence-corrected chi connectivity index (χ0v) is 11.6. The summed E-state index contributed by atoms with van der Waals surface area (Å²) in [7, 11) is 0. The van der Waals surface area contributed by atoms with Crippen molar-refractivity contribution in [2.75, 3.05) is 0 Å². The number of carbonyl (C=O) groups is 1. The maximum absolute atomic E-state index is 12.1. The largest absolute Gasteiger partial charge is 0.276 e. The Labute approximate surface area is 117 Å². The molecule has 1 heterocycles. The van der Waals surface area contributed by atoms with E-state index in [1.165, 1.54) is 0 Å². The molecule has 2 rings (SSSR count). The van der Waals surface area contributed by atoms with E-state index in [0.717, 1.165) is 5.56 Å². The van der Waals surface area contributed by atoms with Gasteiger partial charge in [-0.25, -0.2) is 5.48 Å². The third-order valence-corrected chi connectivity index (χ3v) is 2.82. The summed E-state index contributed by atoms with van der Waals surface area (Å²) in [5.41, 5.74) is 5.31. The molecule has 104 valence electrons. The molecule has 0 fully saturated rings. The van der Waals surface area contributed by atoms with Crippen molar-refractivity contribution < 1.29 is 9.63 Å². The average Bonchev–Trinajstić information content (AvgIpc) is 2.48. The summed E-state index contributed by atoms with van der Waals surface area (Å²) in [6.45, 7) is 4.06. The Balaban J connectivity index is 1.97. The molecule has 0 aliphatic heterocycles. The lowest BCUT2D eigenvalue weighted by molar-refractivity contribution is 0.0232. The Hall–Kier alpha value is -2.27. The molecule has 0 atom stereocenters. The molecule has 5 nitrogen and oxygen atoms in total. The van der Waals surface area contributed by atoms with Crippen LogP contribution in [0.1, 0.15) is 34.2 Å². The molecule has 0 aliphatic carbocycles. The molecule has 0 aliphatic rings. The lowest BCUT2D eigenvalue weighted by Crippen LogP contribution is -2.25. The van der Waals surface area contributed by atoms with E-state index < -0.39 is 0 Å². The normalized spacial score (nSPS) is 10.3. The average molecular weight is 271 g/mol. The fraction of sp³-hybridized carbons (Fsp3) is 0.267. The molecule has 1 aromatic carbocycles. The van der Waals surface area contributed by atoms with Gasteiger partial charge in [-0.2, -0.15) is 10.2 Å². The highest BCUT2D eigenvalue weighted by molar-refractivity contribution is 5.94. The summed E-state index contributed by atoms with van der Waals surface area (Å²) < 4.78 is 0. The van der Waals surface area contributed by atoms with Crippen LogP contribution in [0.15, 0.2) is 36.4 Å². The quantitative estimate of drug-likeness (QED) is 0.847. The topological polar surface area (TPSA) is 64.1 Å². The second-order valence-electron chi connectivity index (χ2n) is 4.41. The van der Waals surface area contributed by atoms with Crippen LogP contribution in [0, 0.1) is 6.92 Å². The monoisotopic (exact) mass is 271 g/mol. The maximum atomic E-state index is 12.1. The third kappa shape index (κ3) is 3.61. The van der Waals surface area contributed by atoms with Gasteiger partial charge in [-0.05, 0) is 25.0 Å². The van der Waals surface area contributed by atoms with Gasteiger partial charge in [-0.3, -0.25) is 9.63 Å². The molecule has 20 heavy (non-hydrogen) atoms. The first kappa shape index (κ1) is 14.1. The molecular formula is C15H17N3O2. The molecule has 1 amide bonds. The van der Waals surface area contributed by atoms with Gasteiger partial charge in [0.05, 0.1) is 23.6 Å². The Bertz CT molecular complexity index is 585. The highest BCUT2D eigenvalue weighted by atomic mass is 16.6. The predicted octanol–water partition coefficient (Wildman–Crippen LogP) is 2.21. The summed E-state index contributed by atoms with van der Waals surface area (Å²) in [5, 5.41) is 7.97. The summed E-state index contributed by atoms with van der Waals surface area (Å²) in [6.07, 6.45) is 0.648. The van der Waals surface area contributed by atoms with E-state index in [1.54, 1.807) is 13.0 Å². The number of benzene rings is 1. The van der Waals surface area contributed by atoms with E-state index in [0.29, 0.717) is 30.0 Å². The van der Waals surface area contributed by atoms with Gasteiger partial charge in [0, 0.05) is 0 Å². The Morgan fingerprint density at radius 1 is 1.25 bits per heavy atom. The minimum Gasteiger partial charge on any atom is -0.269 e. The van der Waals surface area contributed by atoms with Crippen LogP contribution < -0.4 is 5.48 Å². The van der Waals surface area contributed by atoms with Gasteiger partial charge in [0.15, 0.2) is 0 Å². The molecule has 0 saturated carbocycles. The number of hydroxylamine groups is 1. The van der Waals surface area contributed by atoms with Crippen molar-refractivity contribution in [2.24, 2.45) is 0 Å². The highest BCUT2D eigenvalue weighted by Crippen LogP contribution is 2.07. The second kappa shape index (κ2) is 6.77. The van der Waals surface area contributed by atoms with E-state index in [1.807, 2.05) is 37.3 Å². The molecule has 5 heteroatoms. The number of amides is 1. The molecule has 2 aromatic rings. The number of carbonyl (C=O) groups excluding carboxylic acids is 1. The fourth-order valence-electron chi connectivity index (χ4n) is 1.79. The smallest absolute Gasteiger partial charge is 0.269 e. The fourth-order valence-corrected chi connectivity index (χ4v) is 1.79. The lowest BCUT2D eigenvalue weighted by Gasteiger charge is -2.08. The minimum atomic E-state index is -0.296. The maximum Gasteiger partial charge on any atom is 0.276 e. The van der Waals surface area contributed by atoms with E-state index in [2.05, 4.69) is 15.7 Å². The number of aromatic nitrogens is 2. The minimum absolute atomic E-state index is 0.296. The zero-order chi connectivity index (χ0) is 14.4. The molecule has 1 aromatic heterocycles. The Kier molecular flexibility index (Phi) is 4.79. The summed E-state index contributed by atoms with van der Waals surface area (Å²) in [4.78, 5) is 17.3. The van der Waals surface area contributed by atoms with E-state index in [4.69, 9.17) is 4.84 Å². The van der Waals surface area contributed by atoms with Gasteiger partial charge in [0.1, 0.15) is 0 Å². The van der Waals surface area contributed by atoms with E-state index in [-0.39, 0.29) is 5.91 Å². The first-order valence-electron chi connectivity index (χ1n) is 6.50. The van der Waals surface area contributed by atoms with Crippen LogP contribution in [0.2, 0.25) is 0 Å². The highest BCUT2D eigenvalue weighted by Gasteiger charge is 2.12. The number of aryl methyl sites for hydroxylation is 2. The van der Waals surface area contributed by atoms with E-state index in [9.17, 15) is 4.79 Å². The van der Waals surface area contributed by atoms with Crippen molar-refractivity contribution in [3.63, 3.8) is 0 Å². The molecule has 0 bridgehead atoms. The van der Waals surface area contributed by atoms with Crippen LogP contribution >= 0.6 is 0 Å². The van der Waals surface area contributed by atoms with Crippen LogP contribution in [-0.4, -0.2) is 16.1 Å². The Morgan fingerprint density at radius 2 is 2.00 bits per heavy atom. The van der Waals surface area contributed by atoms with Gasteiger partial charge in [-0.1, -0.05) is 37.3 Å². The van der Waals surface area contributed by atoms with Crippen molar-refractivity contribution >= 4 is 5.91 Å². The standard InChI is InChI=1S/C15H17N3O2/c1-3-14-13(9-11(2)16-17-14)15(19)18-20-10-12-7-5-4-6-8-12/h4-9H,3,10H2,1-2H3,(H,18,19). The van der Waals surface area contributed by atoms with Crippen LogP contribution in [-0.2, 0) is 17.9 Å². The van der Waals surface area contributed by atoms with Crippen molar-refractivity contribution in [3.8, 4) is 0 Å². The SMILES string of the molecule is CCc1nnc(C)cc1C(=O)NOCc1ccccc1. The van der Waals surface area contributed by atoms with Crippen LogP contribution in [0.3, 0.4) is 0 Å². The summed E-state index contributed by atoms with van der Waals surface area (Å²) in [5.74, 6) is -0.296. The molecule has 0 saturated heterocycles. The molecule has 1 N–H and O–H groups in total. The van der Waals surface area contributed by atoms with Crippen molar-refractivity contribution in [2.45, 2.75) is 26.9 Å². The van der Waals surface area contributed by atoms with Crippen molar-refractivity contribution in [1.82, 2.24) is 15.7 Å². The van der Waals surface area contributed by atoms with Gasteiger partial charge in [0.25, 0.3) is 5.91 Å². The number of hydrogen-bond donors (Lipinski definition) is 1. The number of nitrogens with one attached hydrogen (secondary N) is 1. The number of hydrogen-bond acceptors (Lipinski definition) is 4. The van der Waals surface area contributed by atoms with Crippen LogP contribution in [0.25, 0.3) is 0 Å².